The third-order valence-electron chi connectivity index (χ3n) is 2.61. The van der Waals surface area contributed by atoms with Crippen LogP contribution in [0.2, 0.25) is 0 Å². The van der Waals surface area contributed by atoms with Gasteiger partial charge in [0.25, 0.3) is 0 Å². The molecule has 14 heavy (non-hydrogen) atoms. The Morgan fingerprint density at radius 3 is 2.79 bits per heavy atom. The Kier molecular flexibility index (Phi) is 3.57. The average molecular weight is 276 g/mol. The molecular weight excluding hydrogens is 262 g/mol. The highest BCUT2D eigenvalue weighted by Gasteiger charge is 2.20. The van der Waals surface area contributed by atoms with E-state index in [4.69, 9.17) is 4.74 Å². The summed E-state index contributed by atoms with van der Waals surface area (Å²) in [5, 5.41) is 2.18. The summed E-state index contributed by atoms with van der Waals surface area (Å²) in [5.74, 6) is 0.639. The van der Waals surface area contributed by atoms with Crippen molar-refractivity contribution in [2.75, 3.05) is 13.2 Å². The van der Waals surface area contributed by atoms with E-state index in [-0.39, 0.29) is 0 Å². The molecule has 0 bridgehead atoms. The Hall–Kier alpha value is 0.0700. The number of halogens is 1. The van der Waals surface area contributed by atoms with Gasteiger partial charge in [0.1, 0.15) is 0 Å². The van der Waals surface area contributed by atoms with E-state index >= 15 is 0 Å². The molecule has 1 aliphatic heterocycles. The third-order valence-corrected chi connectivity index (χ3v) is 4.31. The van der Waals surface area contributed by atoms with Crippen LogP contribution in [0.25, 0.3) is 0 Å². The second kappa shape index (κ2) is 4.73. The normalized spacial score (nSPS) is 18.7. The van der Waals surface area contributed by atoms with Crippen molar-refractivity contribution >= 4 is 27.3 Å². The summed E-state index contributed by atoms with van der Waals surface area (Å²) >= 11 is 5.31. The molecule has 1 aromatic heterocycles. The van der Waals surface area contributed by atoms with Gasteiger partial charge >= 0.3 is 0 Å². The molecule has 0 aromatic carbocycles. The van der Waals surface area contributed by atoms with E-state index in [9.17, 15) is 0 Å². The molecule has 78 valence electrons. The van der Waals surface area contributed by atoms with E-state index in [1.165, 1.54) is 15.6 Å². The Balaban J connectivity index is 2.14. The van der Waals surface area contributed by atoms with Gasteiger partial charge in [-0.3, -0.25) is 0 Å². The summed E-state index contributed by atoms with van der Waals surface area (Å²) in [6, 6.07) is 0. The van der Waals surface area contributed by atoms with Gasteiger partial charge in [-0.1, -0.05) is 15.9 Å². The number of nitrogens with zero attached hydrogens (tertiary/aromatic N) is 1. The highest BCUT2D eigenvalue weighted by Crippen LogP contribution is 2.32. The summed E-state index contributed by atoms with van der Waals surface area (Å²) in [5.41, 5.74) is 1.21. The number of ether oxygens (including phenoxy) is 1. The van der Waals surface area contributed by atoms with Gasteiger partial charge in [-0.25, -0.2) is 4.98 Å². The summed E-state index contributed by atoms with van der Waals surface area (Å²) < 4.78 is 5.35. The topological polar surface area (TPSA) is 22.1 Å². The van der Waals surface area contributed by atoms with Crippen molar-refractivity contribution in [3.05, 3.63) is 15.6 Å². The molecule has 0 aliphatic carbocycles. The summed E-state index contributed by atoms with van der Waals surface area (Å²) in [6.45, 7) is 3.94. The first-order chi connectivity index (χ1) is 6.81. The summed E-state index contributed by atoms with van der Waals surface area (Å²) in [4.78, 5) is 6.02. The molecule has 1 aromatic rings. The van der Waals surface area contributed by atoms with Crippen molar-refractivity contribution in [1.82, 2.24) is 4.98 Å². The minimum atomic E-state index is 0.639. The predicted molar refractivity (Wildman–Crippen MR) is 62.3 cm³/mol. The van der Waals surface area contributed by atoms with E-state index in [0.717, 1.165) is 31.4 Å². The first-order valence-corrected chi connectivity index (χ1v) is 6.85. The van der Waals surface area contributed by atoms with Gasteiger partial charge in [0.2, 0.25) is 0 Å². The van der Waals surface area contributed by atoms with Crippen molar-refractivity contribution in [1.29, 1.82) is 0 Å². The lowest BCUT2D eigenvalue weighted by Gasteiger charge is -2.19. The molecule has 0 saturated carbocycles. The van der Waals surface area contributed by atoms with Crippen molar-refractivity contribution in [2.24, 2.45) is 0 Å². The van der Waals surface area contributed by atoms with E-state index in [1.807, 2.05) is 11.3 Å². The number of alkyl halides is 1. The number of aromatic nitrogens is 1. The van der Waals surface area contributed by atoms with E-state index in [2.05, 4.69) is 27.8 Å². The van der Waals surface area contributed by atoms with Crippen LogP contribution in [0.3, 0.4) is 0 Å². The van der Waals surface area contributed by atoms with E-state index < -0.39 is 0 Å². The van der Waals surface area contributed by atoms with Gasteiger partial charge < -0.3 is 4.74 Å². The Labute approximate surface area is 96.8 Å². The monoisotopic (exact) mass is 275 g/mol. The number of thiazole rings is 1. The van der Waals surface area contributed by atoms with Crippen molar-refractivity contribution in [3.63, 3.8) is 0 Å². The van der Waals surface area contributed by atoms with Crippen LogP contribution in [0.5, 0.6) is 0 Å². The fourth-order valence-electron chi connectivity index (χ4n) is 1.69. The zero-order chi connectivity index (χ0) is 9.97. The number of aryl methyl sites for hydroxylation is 1. The molecule has 4 heteroatoms. The van der Waals surface area contributed by atoms with Crippen molar-refractivity contribution in [2.45, 2.75) is 31.0 Å². The maximum atomic E-state index is 5.35. The lowest BCUT2D eigenvalue weighted by atomic mass is 10.0. The number of hydrogen-bond acceptors (Lipinski definition) is 3. The van der Waals surface area contributed by atoms with Crippen LogP contribution in [0.4, 0.5) is 0 Å². The Morgan fingerprint density at radius 1 is 1.50 bits per heavy atom. The molecule has 0 amide bonds. The number of hydrogen-bond donors (Lipinski definition) is 0. The number of rotatable bonds is 2. The Morgan fingerprint density at radius 2 is 2.21 bits per heavy atom. The van der Waals surface area contributed by atoms with Gasteiger partial charge in [0, 0.05) is 29.3 Å². The average Bonchev–Trinajstić information content (AvgIpc) is 2.61. The lowest BCUT2D eigenvalue weighted by molar-refractivity contribution is 0.0852. The lowest BCUT2D eigenvalue weighted by Crippen LogP contribution is -2.13. The molecule has 0 N–H and O–H groups in total. The van der Waals surface area contributed by atoms with Crippen LogP contribution in [0.15, 0.2) is 0 Å². The van der Waals surface area contributed by atoms with Crippen LogP contribution in [0.1, 0.15) is 34.3 Å². The van der Waals surface area contributed by atoms with Crippen molar-refractivity contribution < 1.29 is 4.74 Å². The van der Waals surface area contributed by atoms with Gasteiger partial charge in [0.15, 0.2) is 0 Å². The smallest absolute Gasteiger partial charge is 0.0964 e. The molecule has 0 radical (unpaired) electrons. The van der Waals surface area contributed by atoms with Crippen LogP contribution >= 0.6 is 27.3 Å². The van der Waals surface area contributed by atoms with Crippen LogP contribution in [0, 0.1) is 6.92 Å². The molecule has 1 aliphatic rings. The second-order valence-electron chi connectivity index (χ2n) is 3.58. The fraction of sp³-hybridized carbons (Fsp3) is 0.700. The maximum absolute atomic E-state index is 5.35. The first-order valence-electron chi connectivity index (χ1n) is 4.91. The zero-order valence-corrected chi connectivity index (χ0v) is 10.7. The molecule has 0 atom stereocenters. The molecule has 1 saturated heterocycles. The zero-order valence-electron chi connectivity index (χ0n) is 8.25. The standard InChI is InChI=1S/C10H14BrNOS/c1-7-9(6-11)12-10(14-7)8-2-4-13-5-3-8/h8H,2-6H2,1H3. The highest BCUT2D eigenvalue weighted by molar-refractivity contribution is 9.08. The van der Waals surface area contributed by atoms with Gasteiger partial charge in [0.05, 0.1) is 10.7 Å². The first kappa shape index (κ1) is 10.6. The third kappa shape index (κ3) is 2.18. The highest BCUT2D eigenvalue weighted by atomic mass is 79.9. The van der Waals surface area contributed by atoms with E-state index in [0.29, 0.717) is 5.92 Å². The van der Waals surface area contributed by atoms with Crippen LogP contribution in [-0.2, 0) is 10.1 Å². The quantitative estimate of drug-likeness (QED) is 0.774. The van der Waals surface area contributed by atoms with Gasteiger partial charge in [-0.15, -0.1) is 11.3 Å². The largest absolute Gasteiger partial charge is 0.381 e. The second-order valence-corrected chi connectivity index (χ2v) is 5.37. The predicted octanol–water partition coefficient (Wildman–Crippen LogP) is 3.24. The molecule has 0 unspecified atom stereocenters. The SMILES string of the molecule is Cc1sc(C2CCOCC2)nc1CBr. The van der Waals surface area contributed by atoms with Crippen molar-refractivity contribution in [3.8, 4) is 0 Å². The fourth-order valence-corrected chi connectivity index (χ4v) is 3.53. The molecule has 2 nitrogen and oxygen atoms in total. The Bertz CT molecular complexity index is 307. The molecule has 0 spiro atoms. The molecule has 2 heterocycles. The van der Waals surface area contributed by atoms with E-state index in [1.54, 1.807) is 0 Å². The van der Waals surface area contributed by atoms with Gasteiger partial charge in [-0.2, -0.15) is 0 Å². The van der Waals surface area contributed by atoms with Crippen LogP contribution < -0.4 is 0 Å². The van der Waals surface area contributed by atoms with Crippen LogP contribution in [-0.4, -0.2) is 18.2 Å². The summed E-state index contributed by atoms with van der Waals surface area (Å²) in [6.07, 6.45) is 2.27. The minimum absolute atomic E-state index is 0.639. The minimum Gasteiger partial charge on any atom is -0.381 e. The summed E-state index contributed by atoms with van der Waals surface area (Å²) in [7, 11) is 0. The van der Waals surface area contributed by atoms with Gasteiger partial charge in [-0.05, 0) is 19.8 Å². The molecule has 2 rings (SSSR count). The molecular formula is C10H14BrNOS. The maximum Gasteiger partial charge on any atom is 0.0964 e. The molecule has 1 fully saturated rings.